The quantitative estimate of drug-likeness (QED) is 0.112. The van der Waals surface area contributed by atoms with E-state index in [0.717, 1.165) is 44.3 Å². The second-order valence-electron chi connectivity index (χ2n) is 21.3. The molecular weight excluding hydrogens is 865 g/mol. The van der Waals surface area contributed by atoms with E-state index in [2.05, 4.69) is 113 Å². The first kappa shape index (κ1) is 35.1. The second kappa shape index (κ2) is 17.4. The Kier molecular flexibility index (Phi) is 8.63. The minimum absolute atomic E-state index is 0.0645. The standard InChI is InChI=1S/C66H60N4O/c1-64(2,3)49-30-27-45(28-31-49)47-29-34-59-61(39-47)68(43-69(59)63-56(46-21-14-11-15-22-46)37-48(38-57(63)66(7,8)9)44-19-12-10-13-20-44)51-23-18-24-52(41-51)71-53-32-33-55-54-25-16-17-26-58(54)70(60(55)42-53)62-40-50(35-36-67-62)65(4,5)6/h10-42H,1-9H3/i10D,11D,12D,13D,14D,15D,19D,20D,21D,22D. The summed E-state index contributed by atoms with van der Waals surface area (Å²) < 4.78 is 102. The van der Waals surface area contributed by atoms with Crippen molar-refractivity contribution in [2.24, 2.45) is 0 Å². The molecule has 0 aliphatic rings. The van der Waals surface area contributed by atoms with Gasteiger partial charge in [-0.25, -0.2) is 4.98 Å². The summed E-state index contributed by atoms with van der Waals surface area (Å²) in [7, 11) is 0. The van der Waals surface area contributed by atoms with Crippen LogP contribution in [0.4, 0.5) is 0 Å². The molecule has 350 valence electrons. The van der Waals surface area contributed by atoms with Gasteiger partial charge in [0.05, 0.1) is 47.1 Å². The van der Waals surface area contributed by atoms with Gasteiger partial charge in [-0.1, -0.05) is 189 Å². The van der Waals surface area contributed by atoms with Gasteiger partial charge in [0.25, 0.3) is 6.33 Å². The molecule has 11 aromatic rings. The number of nitrogens with zero attached hydrogens (tertiary/aromatic N) is 4. The third-order valence-electron chi connectivity index (χ3n) is 13.2. The molecule has 0 aliphatic carbocycles. The fraction of sp³-hybridized carbons (Fsp3) is 0.182. The van der Waals surface area contributed by atoms with E-state index in [9.17, 15) is 2.74 Å². The van der Waals surface area contributed by atoms with E-state index >= 15 is 0 Å². The highest BCUT2D eigenvalue weighted by atomic mass is 16.5. The lowest BCUT2D eigenvalue weighted by atomic mass is 9.81. The van der Waals surface area contributed by atoms with E-state index < -0.39 is 65.8 Å². The van der Waals surface area contributed by atoms with Gasteiger partial charge in [-0.3, -0.25) is 13.7 Å². The third kappa shape index (κ3) is 8.60. The van der Waals surface area contributed by atoms with Crippen molar-refractivity contribution in [1.82, 2.24) is 14.1 Å². The van der Waals surface area contributed by atoms with E-state index in [-0.39, 0.29) is 33.1 Å². The summed E-state index contributed by atoms with van der Waals surface area (Å²) >= 11 is 0. The van der Waals surface area contributed by atoms with Gasteiger partial charge in [-0.2, -0.15) is 0 Å². The molecule has 0 atom stereocenters. The Bertz CT molecular complexity index is 4330. The molecule has 0 unspecified atom stereocenters. The van der Waals surface area contributed by atoms with Gasteiger partial charge in [0.15, 0.2) is 0 Å². The molecule has 0 fully saturated rings. The lowest BCUT2D eigenvalue weighted by Crippen LogP contribution is -2.34. The molecule has 0 bridgehead atoms. The summed E-state index contributed by atoms with van der Waals surface area (Å²) in [4.78, 5) is 4.87. The average molecular weight is 935 g/mol. The van der Waals surface area contributed by atoms with Gasteiger partial charge in [-0.05, 0) is 127 Å². The van der Waals surface area contributed by atoms with Crippen LogP contribution in [-0.2, 0) is 16.2 Å². The molecule has 11 rings (SSSR count). The Morgan fingerprint density at radius 3 is 1.90 bits per heavy atom. The summed E-state index contributed by atoms with van der Waals surface area (Å²) in [6, 6.07) is 39.1. The molecule has 5 heteroatoms. The molecule has 0 N–H and O–H groups in total. The van der Waals surface area contributed by atoms with Crippen molar-refractivity contribution in [3.63, 3.8) is 0 Å². The normalized spacial score (nSPS) is 14.3. The highest BCUT2D eigenvalue weighted by molar-refractivity contribution is 6.09. The van der Waals surface area contributed by atoms with E-state index in [1.165, 1.54) is 5.56 Å². The fourth-order valence-electron chi connectivity index (χ4n) is 9.46. The Labute approximate surface area is 432 Å². The number of hydrogen-bond donors (Lipinski definition) is 0. The Balaban J connectivity index is 1.15. The van der Waals surface area contributed by atoms with E-state index in [4.69, 9.17) is 20.7 Å². The zero-order valence-electron chi connectivity index (χ0n) is 51.5. The fourth-order valence-corrected chi connectivity index (χ4v) is 9.46. The molecule has 3 aromatic heterocycles. The number of imidazole rings is 1. The predicted octanol–water partition coefficient (Wildman–Crippen LogP) is 16.9. The molecule has 0 spiro atoms. The number of rotatable bonds is 8. The number of ether oxygens (including phenoxy) is 1. The SMILES string of the molecule is [2H]c1c([2H])c([2H])c(-c2cc(-c3c([2H])c([2H])c([2H])c([2H])c3[2H])c(-[n+]3[c-]n(-c4cccc(Oc5ccc6c7ccccc7n(-c7cc(C(C)(C)C)ccn7)c6c5)c4)c4cc(-c5ccc(C(C)(C)C)cc5)ccc43)c(C(C)(C)C)c2)c([2H])c1[2H]. The monoisotopic (exact) mass is 935 g/mol. The Morgan fingerprint density at radius 1 is 0.507 bits per heavy atom. The molecule has 71 heavy (non-hydrogen) atoms. The van der Waals surface area contributed by atoms with Crippen molar-refractivity contribution < 1.29 is 23.0 Å². The van der Waals surface area contributed by atoms with Crippen LogP contribution in [0.5, 0.6) is 11.5 Å². The molecule has 5 nitrogen and oxygen atoms in total. The van der Waals surface area contributed by atoms with Crippen LogP contribution in [0.1, 0.15) is 92.7 Å². The molecule has 0 radical (unpaired) electrons. The van der Waals surface area contributed by atoms with Gasteiger partial charge in [0.2, 0.25) is 0 Å². The van der Waals surface area contributed by atoms with Crippen molar-refractivity contribution in [3.8, 4) is 62.1 Å². The predicted molar refractivity (Wildman–Crippen MR) is 295 cm³/mol. The van der Waals surface area contributed by atoms with Crippen LogP contribution in [0.25, 0.3) is 83.4 Å². The van der Waals surface area contributed by atoms with Crippen molar-refractivity contribution in [2.45, 2.75) is 78.6 Å². The zero-order valence-corrected chi connectivity index (χ0v) is 41.5. The minimum atomic E-state index is -0.781. The molecule has 0 saturated heterocycles. The third-order valence-corrected chi connectivity index (χ3v) is 13.2. The van der Waals surface area contributed by atoms with Crippen molar-refractivity contribution in [3.05, 3.63) is 223 Å². The maximum atomic E-state index is 9.39. The minimum Gasteiger partial charge on any atom is -0.458 e. The van der Waals surface area contributed by atoms with Gasteiger partial charge in [0, 0.05) is 23.0 Å². The van der Waals surface area contributed by atoms with Crippen LogP contribution in [0, 0.1) is 6.33 Å². The molecule has 0 saturated carbocycles. The first-order chi connectivity index (χ1) is 38.2. The number of fused-ring (bicyclic) bond motifs is 4. The number of benzene rings is 8. The number of aromatic nitrogens is 4. The molecule has 0 aliphatic heterocycles. The van der Waals surface area contributed by atoms with Crippen LogP contribution < -0.4 is 9.30 Å². The largest absolute Gasteiger partial charge is 0.458 e. The van der Waals surface area contributed by atoms with Crippen molar-refractivity contribution in [2.75, 3.05) is 0 Å². The summed E-state index contributed by atoms with van der Waals surface area (Å²) in [5.74, 6) is 1.94. The van der Waals surface area contributed by atoms with Crippen molar-refractivity contribution in [1.29, 1.82) is 0 Å². The number of para-hydroxylation sites is 1. The van der Waals surface area contributed by atoms with Gasteiger partial charge >= 0.3 is 0 Å². The maximum absolute atomic E-state index is 9.39. The Morgan fingerprint density at radius 2 is 1.18 bits per heavy atom. The van der Waals surface area contributed by atoms with E-state index in [1.807, 2.05) is 96.8 Å². The average Bonchev–Trinajstić information content (AvgIpc) is 3.07. The highest BCUT2D eigenvalue weighted by Crippen LogP contribution is 2.41. The molecule has 0 amide bonds. The molecular formula is C66H60N4O. The van der Waals surface area contributed by atoms with Gasteiger partial charge < -0.3 is 4.74 Å². The van der Waals surface area contributed by atoms with Crippen molar-refractivity contribution >= 4 is 32.8 Å². The van der Waals surface area contributed by atoms with Crippen LogP contribution in [0.2, 0.25) is 0 Å². The Hall–Kier alpha value is -8.02. The van der Waals surface area contributed by atoms with E-state index in [1.54, 1.807) is 12.1 Å². The lowest BCUT2D eigenvalue weighted by molar-refractivity contribution is -0.572. The summed E-state index contributed by atoms with van der Waals surface area (Å²) in [5, 5.41) is 2.14. The first-order valence-electron chi connectivity index (χ1n) is 29.0. The van der Waals surface area contributed by atoms with Crippen LogP contribution in [-0.4, -0.2) is 14.1 Å². The molecule has 3 heterocycles. The highest BCUT2D eigenvalue weighted by Gasteiger charge is 2.27. The zero-order chi connectivity index (χ0) is 57.9. The van der Waals surface area contributed by atoms with Gasteiger partial charge in [0.1, 0.15) is 17.3 Å². The van der Waals surface area contributed by atoms with Crippen LogP contribution in [0.15, 0.2) is 200 Å². The van der Waals surface area contributed by atoms with Crippen LogP contribution >= 0.6 is 0 Å². The molecule has 8 aromatic carbocycles. The second-order valence-corrected chi connectivity index (χ2v) is 21.3. The first-order valence-corrected chi connectivity index (χ1v) is 24.0. The summed E-state index contributed by atoms with van der Waals surface area (Å²) in [6.07, 6.45) is 5.53. The maximum Gasteiger partial charge on any atom is 0.269 e. The topological polar surface area (TPSA) is 35.9 Å². The number of hydrogen-bond acceptors (Lipinski definition) is 2. The van der Waals surface area contributed by atoms with Crippen LogP contribution in [0.3, 0.4) is 0 Å². The van der Waals surface area contributed by atoms with E-state index in [0.29, 0.717) is 39.5 Å². The summed E-state index contributed by atoms with van der Waals surface area (Å²) in [6.45, 7) is 19.0. The lowest BCUT2D eigenvalue weighted by Gasteiger charge is -2.27. The number of pyridine rings is 1. The van der Waals surface area contributed by atoms with Gasteiger partial charge in [-0.15, -0.1) is 0 Å². The smallest absolute Gasteiger partial charge is 0.269 e. The summed E-state index contributed by atoms with van der Waals surface area (Å²) in [5.41, 5.74) is 8.46.